The molecule has 56 heavy (non-hydrogen) atoms. The van der Waals surface area contributed by atoms with Crippen LogP contribution < -0.4 is 0 Å². The molecule has 0 unspecified atom stereocenters. The summed E-state index contributed by atoms with van der Waals surface area (Å²) in [5.74, 6) is 10.0. The summed E-state index contributed by atoms with van der Waals surface area (Å²) < 4.78 is 15.7. The van der Waals surface area contributed by atoms with Crippen LogP contribution in [-0.2, 0) is 0 Å². The van der Waals surface area contributed by atoms with Crippen LogP contribution in [0.3, 0.4) is 0 Å². The smallest absolute Gasteiger partial charge is 0.229 e. The zero-order chi connectivity index (χ0) is 43.0. The first-order chi connectivity index (χ1) is 26.0. The molecule has 1 N–H and O–H groups in total. The molecule has 14 heteroatoms. The Balaban J connectivity index is 0.000000350. The summed E-state index contributed by atoms with van der Waals surface area (Å²) in [5.41, 5.74) is 2.32. The standard InChI is InChI=1S/C10H17NO.C8H15N3.2C8H14N2O.C8H14N2S/c1-6(2)9-8(5)10(7(3)4)12-11-9;1-5(2)7-9-8(6(3)4)11-10-7;1-5(2)7-9-10-8(11-7)6(3)4;1-5(2)7-9-8(6(3)4)11-10-7;1-5(2)7-9-10-8(11-7)6(3)4/h6-7H,1-5H3;5-6H,1-4H3,(H,9,10,11);3*5-6H,1-4H3. The molecule has 0 amide bonds. The number of nitrogens with zero attached hydrogens (tertiary/aromatic N) is 9. The van der Waals surface area contributed by atoms with Gasteiger partial charge in [-0.15, -0.1) is 31.7 Å². The van der Waals surface area contributed by atoms with E-state index in [1.165, 1.54) is 5.56 Å². The lowest BCUT2D eigenvalue weighted by molar-refractivity contribution is 0.359. The monoisotopic (exact) mass is 799 g/mol. The molecule has 0 aliphatic carbocycles. The molecule has 5 aromatic heterocycles. The van der Waals surface area contributed by atoms with Gasteiger partial charge in [0.2, 0.25) is 17.7 Å². The number of nitrogens with one attached hydrogen (secondary N) is 1. The number of rotatable bonds is 10. The Labute approximate surface area is 341 Å². The first-order valence-corrected chi connectivity index (χ1v) is 21.2. The highest BCUT2D eigenvalue weighted by Crippen LogP contribution is 2.26. The maximum absolute atomic E-state index is 5.38. The minimum Gasteiger partial charge on any atom is -0.425 e. The highest BCUT2D eigenvalue weighted by Gasteiger charge is 2.17. The molecule has 0 saturated heterocycles. The largest absolute Gasteiger partial charge is 0.425 e. The van der Waals surface area contributed by atoms with Gasteiger partial charge in [0, 0.05) is 58.8 Å². The van der Waals surface area contributed by atoms with Crippen molar-refractivity contribution in [3.63, 3.8) is 0 Å². The number of aromatic amines is 1. The molecular weight excluding hydrogens is 725 g/mol. The summed E-state index contributed by atoms with van der Waals surface area (Å²) in [4.78, 5) is 8.57. The van der Waals surface area contributed by atoms with Crippen molar-refractivity contribution >= 4 is 11.3 Å². The van der Waals surface area contributed by atoms with E-state index in [0.29, 0.717) is 59.2 Å². The molecule has 5 aromatic rings. The number of H-pyrrole nitrogens is 1. The second-order valence-electron chi connectivity index (χ2n) is 17.1. The first kappa shape index (κ1) is 50.2. The molecule has 0 saturated carbocycles. The van der Waals surface area contributed by atoms with Crippen molar-refractivity contribution in [3.05, 3.63) is 62.2 Å². The van der Waals surface area contributed by atoms with E-state index in [9.17, 15) is 0 Å². The predicted octanol–water partition coefficient (Wildman–Crippen LogP) is 12.7. The van der Waals surface area contributed by atoms with E-state index in [1.807, 2.05) is 41.5 Å². The fraction of sp³-hybridized carbons (Fsp3) is 0.738. The number of aromatic nitrogens is 10. The third-order valence-corrected chi connectivity index (χ3v) is 9.53. The second-order valence-corrected chi connectivity index (χ2v) is 18.2. The number of hydrogen-bond donors (Lipinski definition) is 1. The average molecular weight is 799 g/mol. The van der Waals surface area contributed by atoms with Gasteiger partial charge in [0.15, 0.2) is 11.6 Å². The lowest BCUT2D eigenvalue weighted by Gasteiger charge is -2.01. The molecule has 5 heterocycles. The zero-order valence-corrected chi connectivity index (χ0v) is 39.2. The maximum atomic E-state index is 5.38. The van der Waals surface area contributed by atoms with E-state index in [0.717, 1.165) is 56.6 Å². The normalized spacial score (nSPS) is 11.5. The van der Waals surface area contributed by atoms with Crippen LogP contribution >= 0.6 is 11.3 Å². The van der Waals surface area contributed by atoms with Crippen molar-refractivity contribution in [1.82, 2.24) is 50.9 Å². The lowest BCUT2D eigenvalue weighted by atomic mass is 10.0. The highest BCUT2D eigenvalue weighted by atomic mass is 32.1. The third kappa shape index (κ3) is 16.7. The van der Waals surface area contributed by atoms with Gasteiger partial charge in [-0.2, -0.15) is 10.1 Å². The van der Waals surface area contributed by atoms with Crippen LogP contribution in [0.1, 0.15) is 260 Å². The van der Waals surface area contributed by atoms with Crippen molar-refractivity contribution in [2.24, 2.45) is 0 Å². The van der Waals surface area contributed by atoms with Crippen molar-refractivity contribution in [2.45, 2.75) is 205 Å². The van der Waals surface area contributed by atoms with E-state index in [4.69, 9.17) is 13.5 Å². The Hall–Kier alpha value is -3.81. The molecule has 0 bridgehead atoms. The average Bonchev–Trinajstić information content (AvgIpc) is 3.94. The van der Waals surface area contributed by atoms with Gasteiger partial charge in [0.25, 0.3) is 0 Å². The molecule has 13 nitrogen and oxygen atoms in total. The van der Waals surface area contributed by atoms with Crippen molar-refractivity contribution < 1.29 is 13.5 Å². The van der Waals surface area contributed by atoms with Crippen LogP contribution in [0.15, 0.2) is 13.5 Å². The minimum atomic E-state index is 0.329. The molecule has 0 aliphatic heterocycles. The third-order valence-electron chi connectivity index (χ3n) is 8.01. The van der Waals surface area contributed by atoms with Gasteiger partial charge in [0.1, 0.15) is 21.6 Å². The first-order valence-electron chi connectivity index (χ1n) is 20.4. The van der Waals surface area contributed by atoms with Crippen LogP contribution in [0.5, 0.6) is 0 Å². The van der Waals surface area contributed by atoms with Crippen molar-refractivity contribution in [1.29, 1.82) is 0 Å². The van der Waals surface area contributed by atoms with Gasteiger partial charge < -0.3 is 13.5 Å². The molecule has 0 aromatic carbocycles. The summed E-state index contributed by atoms with van der Waals surface area (Å²) in [5, 5.41) is 33.3. The molecule has 5 rings (SSSR count). The number of hydrogen-bond acceptors (Lipinski definition) is 13. The molecule has 0 fully saturated rings. The molecular formula is C42H74N10O3S. The summed E-state index contributed by atoms with van der Waals surface area (Å²) in [7, 11) is 0. The SMILES string of the molecule is CC(C)c1n[nH]c(C(C)C)n1.CC(C)c1nnc(C(C)C)o1.CC(C)c1nnc(C(C)C)s1.CC(C)c1noc(C(C)C)n1.Cc1c(C(C)C)noc1C(C)C. The van der Waals surface area contributed by atoms with Crippen molar-refractivity contribution in [2.75, 3.05) is 0 Å². The molecule has 316 valence electrons. The Morgan fingerprint density at radius 2 is 0.929 bits per heavy atom. The summed E-state index contributed by atoms with van der Waals surface area (Å²) >= 11 is 1.73. The second kappa shape index (κ2) is 24.1. The maximum Gasteiger partial charge on any atom is 0.229 e. The predicted molar refractivity (Wildman–Crippen MR) is 227 cm³/mol. The van der Waals surface area contributed by atoms with Crippen molar-refractivity contribution in [3.8, 4) is 0 Å². The zero-order valence-electron chi connectivity index (χ0n) is 38.4. The van der Waals surface area contributed by atoms with E-state index < -0.39 is 0 Å². The van der Waals surface area contributed by atoms with Crippen LogP contribution in [-0.4, -0.2) is 50.9 Å². The Morgan fingerprint density at radius 1 is 0.446 bits per heavy atom. The molecule has 0 radical (unpaired) electrons. The fourth-order valence-electron chi connectivity index (χ4n) is 4.39. The van der Waals surface area contributed by atoms with Gasteiger partial charge in [-0.05, 0) is 12.8 Å². The highest BCUT2D eigenvalue weighted by molar-refractivity contribution is 7.11. The van der Waals surface area contributed by atoms with Crippen LogP contribution in [0, 0.1) is 6.92 Å². The van der Waals surface area contributed by atoms with Crippen LogP contribution in [0.25, 0.3) is 0 Å². The van der Waals surface area contributed by atoms with Gasteiger partial charge in [-0.25, -0.2) is 4.98 Å². The summed E-state index contributed by atoms with van der Waals surface area (Å²) in [6, 6.07) is 0. The molecule has 0 spiro atoms. The lowest BCUT2D eigenvalue weighted by Crippen LogP contribution is -1.92. The summed E-state index contributed by atoms with van der Waals surface area (Å²) in [6.45, 7) is 43.9. The van der Waals surface area contributed by atoms with E-state index >= 15 is 0 Å². The van der Waals surface area contributed by atoms with Gasteiger partial charge >= 0.3 is 0 Å². The fourth-order valence-corrected chi connectivity index (χ4v) is 5.23. The van der Waals surface area contributed by atoms with Gasteiger partial charge in [0.05, 0.1) is 5.69 Å². The topological polar surface area (TPSA) is 171 Å². The van der Waals surface area contributed by atoms with E-state index in [1.54, 1.807) is 11.3 Å². The van der Waals surface area contributed by atoms with E-state index in [2.05, 4.69) is 155 Å². The van der Waals surface area contributed by atoms with Gasteiger partial charge in [-0.1, -0.05) is 149 Å². The Morgan fingerprint density at radius 3 is 1.16 bits per heavy atom. The molecule has 0 atom stereocenters. The summed E-state index contributed by atoms with van der Waals surface area (Å²) in [6.07, 6.45) is 0. The molecule has 0 aliphatic rings. The Kier molecular flexibility index (Phi) is 21.6. The van der Waals surface area contributed by atoms with Crippen LogP contribution in [0.2, 0.25) is 0 Å². The van der Waals surface area contributed by atoms with Gasteiger partial charge in [-0.3, -0.25) is 5.10 Å². The van der Waals surface area contributed by atoms with Crippen LogP contribution in [0.4, 0.5) is 0 Å². The minimum absolute atomic E-state index is 0.329. The Bertz CT molecular complexity index is 1450. The quantitative estimate of drug-likeness (QED) is 0.142. The van der Waals surface area contributed by atoms with E-state index in [-0.39, 0.29) is 0 Å².